The molecule has 1 fully saturated rings. The first-order valence-electron chi connectivity index (χ1n) is 6.09. The Hall–Kier alpha value is -1.60. The van der Waals surface area contributed by atoms with Crippen molar-refractivity contribution < 1.29 is 17.9 Å². The Labute approximate surface area is 111 Å². The van der Waals surface area contributed by atoms with E-state index in [4.69, 9.17) is 4.74 Å². The molecule has 1 aliphatic heterocycles. The van der Waals surface area contributed by atoms with E-state index in [0.29, 0.717) is 11.4 Å². The van der Waals surface area contributed by atoms with Crippen molar-refractivity contribution in [2.45, 2.75) is 36.8 Å². The van der Waals surface area contributed by atoms with Crippen molar-refractivity contribution in [2.75, 3.05) is 5.32 Å². The number of fused-ring (bicyclic) bond motifs is 1. The van der Waals surface area contributed by atoms with Crippen LogP contribution in [-0.2, 0) is 14.8 Å². The van der Waals surface area contributed by atoms with E-state index in [-0.39, 0.29) is 16.8 Å². The van der Waals surface area contributed by atoms with Gasteiger partial charge in [0.25, 0.3) is 5.91 Å². The maximum absolute atomic E-state index is 12.1. The number of carbonyl (C=O) groups is 1. The minimum Gasteiger partial charge on any atom is -0.479 e. The number of nitrogens with one attached hydrogen (secondary N) is 2. The van der Waals surface area contributed by atoms with Crippen molar-refractivity contribution in [3.05, 3.63) is 18.2 Å². The maximum Gasteiger partial charge on any atom is 0.265 e. The van der Waals surface area contributed by atoms with Crippen LogP contribution in [0.25, 0.3) is 0 Å². The van der Waals surface area contributed by atoms with Gasteiger partial charge in [-0.05, 0) is 31.9 Å². The summed E-state index contributed by atoms with van der Waals surface area (Å²) in [5.74, 6) is 0.144. The molecule has 1 aromatic rings. The van der Waals surface area contributed by atoms with E-state index in [9.17, 15) is 13.2 Å². The molecule has 0 unspecified atom stereocenters. The van der Waals surface area contributed by atoms with Crippen LogP contribution in [0, 0.1) is 0 Å². The molecule has 1 saturated carbocycles. The number of benzene rings is 1. The zero-order valence-corrected chi connectivity index (χ0v) is 11.2. The van der Waals surface area contributed by atoms with Gasteiger partial charge in [0.2, 0.25) is 10.0 Å². The molecule has 1 aliphatic carbocycles. The molecule has 2 N–H and O–H groups in total. The van der Waals surface area contributed by atoms with Crippen LogP contribution >= 0.6 is 0 Å². The molecule has 0 saturated heterocycles. The monoisotopic (exact) mass is 282 g/mol. The quantitative estimate of drug-likeness (QED) is 0.860. The Morgan fingerprint density at radius 2 is 2.11 bits per heavy atom. The van der Waals surface area contributed by atoms with Gasteiger partial charge < -0.3 is 10.1 Å². The molecule has 1 atom stereocenters. The van der Waals surface area contributed by atoms with Crippen LogP contribution in [0.1, 0.15) is 19.8 Å². The predicted octanol–water partition coefficient (Wildman–Crippen LogP) is 0.847. The second-order valence-electron chi connectivity index (χ2n) is 4.80. The summed E-state index contributed by atoms with van der Waals surface area (Å²) in [6.45, 7) is 1.61. The molecule has 0 aromatic heterocycles. The number of hydrogen-bond acceptors (Lipinski definition) is 4. The highest BCUT2D eigenvalue weighted by molar-refractivity contribution is 7.89. The van der Waals surface area contributed by atoms with Crippen molar-refractivity contribution in [3.63, 3.8) is 0 Å². The molecule has 0 spiro atoms. The highest BCUT2D eigenvalue weighted by Crippen LogP contribution is 2.32. The van der Waals surface area contributed by atoms with E-state index in [1.165, 1.54) is 12.1 Å². The molecule has 0 bridgehead atoms. The predicted molar refractivity (Wildman–Crippen MR) is 68.5 cm³/mol. The van der Waals surface area contributed by atoms with E-state index < -0.39 is 16.1 Å². The smallest absolute Gasteiger partial charge is 0.265 e. The summed E-state index contributed by atoms with van der Waals surface area (Å²) in [7, 11) is -3.50. The summed E-state index contributed by atoms with van der Waals surface area (Å²) in [6.07, 6.45) is 1.14. The Bertz CT molecular complexity index is 637. The van der Waals surface area contributed by atoms with Crippen molar-refractivity contribution in [1.82, 2.24) is 4.72 Å². The average Bonchev–Trinajstić information content (AvgIpc) is 3.13. The summed E-state index contributed by atoms with van der Waals surface area (Å²) in [5.41, 5.74) is 0.494. The van der Waals surface area contributed by atoms with Gasteiger partial charge in [-0.25, -0.2) is 13.1 Å². The summed E-state index contributed by atoms with van der Waals surface area (Å²) in [5, 5.41) is 2.66. The molecule has 7 heteroatoms. The highest BCUT2D eigenvalue weighted by atomic mass is 32.2. The molecule has 1 aromatic carbocycles. The minimum atomic E-state index is -3.50. The van der Waals surface area contributed by atoms with Crippen LogP contribution in [-0.4, -0.2) is 26.5 Å². The Morgan fingerprint density at radius 3 is 2.79 bits per heavy atom. The van der Waals surface area contributed by atoms with E-state index in [1.54, 1.807) is 13.0 Å². The highest BCUT2D eigenvalue weighted by Gasteiger charge is 2.30. The molecule has 6 nitrogen and oxygen atoms in total. The van der Waals surface area contributed by atoms with Crippen LogP contribution in [0.5, 0.6) is 5.75 Å². The molecular formula is C12H14N2O4S. The first-order chi connectivity index (χ1) is 8.95. The van der Waals surface area contributed by atoms with Gasteiger partial charge >= 0.3 is 0 Å². The van der Waals surface area contributed by atoms with E-state index in [1.807, 2.05) is 0 Å². The molecule has 1 amide bonds. The lowest BCUT2D eigenvalue weighted by Crippen LogP contribution is -2.34. The lowest BCUT2D eigenvalue weighted by molar-refractivity contribution is -0.122. The number of rotatable bonds is 3. The molecule has 2 aliphatic rings. The summed E-state index contributed by atoms with van der Waals surface area (Å²) in [4.78, 5) is 11.6. The van der Waals surface area contributed by atoms with E-state index >= 15 is 0 Å². The average molecular weight is 282 g/mol. The minimum absolute atomic E-state index is 0.0561. The van der Waals surface area contributed by atoms with Crippen LogP contribution in [0.4, 0.5) is 5.69 Å². The van der Waals surface area contributed by atoms with Crippen LogP contribution < -0.4 is 14.8 Å². The largest absolute Gasteiger partial charge is 0.479 e. The first kappa shape index (κ1) is 12.4. The molecule has 19 heavy (non-hydrogen) atoms. The SMILES string of the molecule is C[C@@H]1Oc2cc(S(=O)(=O)NC3CC3)ccc2NC1=O. The topological polar surface area (TPSA) is 84.5 Å². The standard InChI is InChI=1S/C12H14N2O4S/c1-7-12(15)13-10-5-4-9(6-11(10)18-7)19(16,17)14-8-2-3-8/h4-8,14H,2-3H2,1H3,(H,13,15)/t7-/m0/s1. The second-order valence-corrected chi connectivity index (χ2v) is 6.52. The Balaban J connectivity index is 1.92. The van der Waals surface area contributed by atoms with Crippen LogP contribution in [0.2, 0.25) is 0 Å². The van der Waals surface area contributed by atoms with Gasteiger partial charge in [0.1, 0.15) is 5.75 Å². The van der Waals surface area contributed by atoms with Crippen molar-refractivity contribution >= 4 is 21.6 Å². The molecular weight excluding hydrogens is 268 g/mol. The van der Waals surface area contributed by atoms with E-state index in [2.05, 4.69) is 10.0 Å². The van der Waals surface area contributed by atoms with Gasteiger partial charge in [0, 0.05) is 12.1 Å². The zero-order valence-electron chi connectivity index (χ0n) is 10.3. The number of sulfonamides is 1. The first-order valence-corrected chi connectivity index (χ1v) is 7.58. The molecule has 102 valence electrons. The van der Waals surface area contributed by atoms with Gasteiger partial charge in [-0.15, -0.1) is 0 Å². The van der Waals surface area contributed by atoms with Crippen LogP contribution in [0.15, 0.2) is 23.1 Å². The third-order valence-corrected chi connectivity index (χ3v) is 4.61. The number of anilines is 1. The van der Waals surface area contributed by atoms with Crippen LogP contribution in [0.3, 0.4) is 0 Å². The number of carbonyl (C=O) groups excluding carboxylic acids is 1. The third-order valence-electron chi connectivity index (χ3n) is 3.09. The summed E-state index contributed by atoms with van der Waals surface area (Å²) in [6, 6.07) is 4.50. The third kappa shape index (κ3) is 2.43. The van der Waals surface area contributed by atoms with Gasteiger partial charge in [-0.1, -0.05) is 0 Å². The van der Waals surface area contributed by atoms with E-state index in [0.717, 1.165) is 12.8 Å². The summed E-state index contributed by atoms with van der Waals surface area (Å²) < 4.78 is 32.1. The molecule has 0 radical (unpaired) electrons. The maximum atomic E-state index is 12.1. The van der Waals surface area contributed by atoms with Gasteiger partial charge in [-0.2, -0.15) is 0 Å². The molecule has 3 rings (SSSR count). The van der Waals surface area contributed by atoms with Crippen molar-refractivity contribution in [2.24, 2.45) is 0 Å². The second kappa shape index (κ2) is 4.21. The number of hydrogen-bond donors (Lipinski definition) is 2. The lowest BCUT2D eigenvalue weighted by atomic mass is 10.2. The lowest BCUT2D eigenvalue weighted by Gasteiger charge is -2.23. The van der Waals surface area contributed by atoms with Gasteiger partial charge in [-0.3, -0.25) is 4.79 Å². The number of ether oxygens (including phenoxy) is 1. The molecule has 1 heterocycles. The fraction of sp³-hybridized carbons (Fsp3) is 0.417. The zero-order chi connectivity index (χ0) is 13.6. The van der Waals surface area contributed by atoms with Crippen molar-refractivity contribution in [1.29, 1.82) is 0 Å². The Morgan fingerprint density at radius 1 is 1.37 bits per heavy atom. The fourth-order valence-corrected chi connectivity index (χ4v) is 3.16. The van der Waals surface area contributed by atoms with Gasteiger partial charge in [0.05, 0.1) is 10.6 Å². The normalized spacial score (nSPS) is 22.4. The fourth-order valence-electron chi connectivity index (χ4n) is 1.84. The summed E-state index contributed by atoms with van der Waals surface area (Å²) >= 11 is 0. The Kier molecular flexibility index (Phi) is 2.75. The van der Waals surface area contributed by atoms with Gasteiger partial charge in [0.15, 0.2) is 6.10 Å². The number of amides is 1. The van der Waals surface area contributed by atoms with Crippen molar-refractivity contribution in [3.8, 4) is 5.75 Å².